The summed E-state index contributed by atoms with van der Waals surface area (Å²) in [5.41, 5.74) is 1.28. The van der Waals surface area contributed by atoms with E-state index in [2.05, 4.69) is 0 Å². The minimum atomic E-state index is -0.365. The van der Waals surface area contributed by atoms with Gasteiger partial charge in [0.25, 0.3) is 0 Å². The molecule has 0 saturated carbocycles. The Labute approximate surface area is 93.3 Å². The van der Waals surface area contributed by atoms with Crippen molar-refractivity contribution in [2.24, 2.45) is 0 Å². The molecule has 2 aromatic rings. The van der Waals surface area contributed by atoms with E-state index in [1.165, 1.54) is 7.11 Å². The Morgan fingerprint density at radius 3 is 2.62 bits per heavy atom. The van der Waals surface area contributed by atoms with Crippen molar-refractivity contribution < 1.29 is 14.6 Å². The van der Waals surface area contributed by atoms with Gasteiger partial charge in [0.05, 0.1) is 12.7 Å². The maximum Gasteiger partial charge on any atom is 0.338 e. The summed E-state index contributed by atoms with van der Waals surface area (Å²) in [6.45, 7) is 1.82. The topological polar surface area (TPSA) is 46.5 Å². The van der Waals surface area contributed by atoms with Gasteiger partial charge < -0.3 is 9.84 Å². The number of phenolic OH excluding ortho intramolecular Hbond substituents is 1. The second kappa shape index (κ2) is 3.85. The fourth-order valence-corrected chi connectivity index (χ4v) is 1.78. The smallest absolute Gasteiger partial charge is 0.338 e. The van der Waals surface area contributed by atoms with Crippen LogP contribution in [0.25, 0.3) is 10.8 Å². The predicted molar refractivity (Wildman–Crippen MR) is 61.7 cm³/mol. The van der Waals surface area contributed by atoms with Crippen LogP contribution in [-0.4, -0.2) is 18.2 Å². The van der Waals surface area contributed by atoms with E-state index in [1.807, 2.05) is 13.0 Å². The number of hydrogen-bond acceptors (Lipinski definition) is 3. The van der Waals surface area contributed by atoms with Crippen LogP contribution in [0.15, 0.2) is 30.3 Å². The number of benzene rings is 2. The highest BCUT2D eigenvalue weighted by Gasteiger charge is 2.11. The molecule has 3 nitrogen and oxygen atoms in total. The Balaban J connectivity index is 2.79. The number of methoxy groups -OCH3 is 1. The summed E-state index contributed by atoms with van der Waals surface area (Å²) in [4.78, 5) is 11.5. The van der Waals surface area contributed by atoms with E-state index >= 15 is 0 Å². The Morgan fingerprint density at radius 2 is 1.94 bits per heavy atom. The quantitative estimate of drug-likeness (QED) is 0.745. The van der Waals surface area contributed by atoms with Gasteiger partial charge in [0.2, 0.25) is 0 Å². The zero-order chi connectivity index (χ0) is 11.7. The number of esters is 1. The van der Waals surface area contributed by atoms with E-state index < -0.39 is 0 Å². The molecule has 3 heteroatoms. The maximum absolute atomic E-state index is 11.5. The molecule has 0 atom stereocenters. The monoisotopic (exact) mass is 216 g/mol. The first-order valence-corrected chi connectivity index (χ1v) is 4.94. The summed E-state index contributed by atoms with van der Waals surface area (Å²) < 4.78 is 4.71. The van der Waals surface area contributed by atoms with Crippen molar-refractivity contribution in [3.63, 3.8) is 0 Å². The number of ether oxygens (including phenoxy) is 1. The highest BCUT2D eigenvalue weighted by molar-refractivity contribution is 6.05. The van der Waals surface area contributed by atoms with Gasteiger partial charge in [-0.3, -0.25) is 0 Å². The molecular formula is C13H12O3. The van der Waals surface area contributed by atoms with E-state index in [0.29, 0.717) is 5.56 Å². The van der Waals surface area contributed by atoms with Crippen LogP contribution in [0.1, 0.15) is 15.9 Å². The average molecular weight is 216 g/mol. The summed E-state index contributed by atoms with van der Waals surface area (Å²) in [6, 6.07) is 8.68. The third-order valence-electron chi connectivity index (χ3n) is 2.71. The molecule has 0 aromatic heterocycles. The Bertz CT molecular complexity index is 558. The van der Waals surface area contributed by atoms with Crippen molar-refractivity contribution in [2.45, 2.75) is 6.92 Å². The molecule has 0 unspecified atom stereocenters. The first-order chi connectivity index (χ1) is 7.65. The number of carbonyl (C=O) groups is 1. The molecule has 0 fully saturated rings. The molecule has 0 aliphatic rings. The standard InChI is InChI=1S/C13H12O3/c1-8-9-4-3-5-11(13(15)16-2)10(9)6-7-12(8)14/h3-7,14H,1-2H3. The molecule has 1 N–H and O–H groups in total. The molecule has 0 radical (unpaired) electrons. The van der Waals surface area contributed by atoms with Crippen LogP contribution in [0, 0.1) is 6.92 Å². The molecule has 0 amide bonds. The maximum atomic E-state index is 11.5. The summed E-state index contributed by atoms with van der Waals surface area (Å²) in [6.07, 6.45) is 0. The van der Waals surface area contributed by atoms with Gasteiger partial charge in [0.1, 0.15) is 5.75 Å². The van der Waals surface area contributed by atoms with Crippen molar-refractivity contribution in [2.75, 3.05) is 7.11 Å². The van der Waals surface area contributed by atoms with Gasteiger partial charge >= 0.3 is 5.97 Å². The molecule has 0 aliphatic carbocycles. The molecule has 82 valence electrons. The zero-order valence-electron chi connectivity index (χ0n) is 9.15. The van der Waals surface area contributed by atoms with Gasteiger partial charge in [-0.25, -0.2) is 4.79 Å². The highest BCUT2D eigenvalue weighted by Crippen LogP contribution is 2.28. The fourth-order valence-electron chi connectivity index (χ4n) is 1.78. The van der Waals surface area contributed by atoms with Crippen molar-refractivity contribution in [1.29, 1.82) is 0 Å². The number of phenols is 1. The summed E-state index contributed by atoms with van der Waals surface area (Å²) in [5, 5.41) is 11.2. The SMILES string of the molecule is COC(=O)c1cccc2c(C)c(O)ccc12. The van der Waals surface area contributed by atoms with Crippen LogP contribution in [0.2, 0.25) is 0 Å². The minimum Gasteiger partial charge on any atom is -0.508 e. The number of fused-ring (bicyclic) bond motifs is 1. The summed E-state index contributed by atoms with van der Waals surface area (Å²) in [7, 11) is 1.36. The van der Waals surface area contributed by atoms with Crippen molar-refractivity contribution in [1.82, 2.24) is 0 Å². The molecule has 16 heavy (non-hydrogen) atoms. The van der Waals surface area contributed by atoms with E-state index in [0.717, 1.165) is 16.3 Å². The molecule has 0 spiro atoms. The Morgan fingerprint density at radius 1 is 1.19 bits per heavy atom. The number of aryl methyl sites for hydroxylation is 1. The molecule has 2 aromatic carbocycles. The van der Waals surface area contributed by atoms with Crippen LogP contribution in [0.4, 0.5) is 0 Å². The van der Waals surface area contributed by atoms with Crippen LogP contribution in [0.5, 0.6) is 5.75 Å². The fraction of sp³-hybridized carbons (Fsp3) is 0.154. The first kappa shape index (κ1) is 10.5. The van der Waals surface area contributed by atoms with E-state index in [4.69, 9.17) is 4.74 Å². The van der Waals surface area contributed by atoms with Crippen molar-refractivity contribution in [3.8, 4) is 5.75 Å². The Kier molecular flexibility index (Phi) is 2.52. The molecule has 0 saturated heterocycles. The number of carbonyl (C=O) groups excluding carboxylic acids is 1. The van der Waals surface area contributed by atoms with Crippen molar-refractivity contribution >= 4 is 16.7 Å². The number of rotatable bonds is 1. The van der Waals surface area contributed by atoms with Gasteiger partial charge in [0.15, 0.2) is 0 Å². The van der Waals surface area contributed by atoms with Crippen LogP contribution < -0.4 is 0 Å². The van der Waals surface area contributed by atoms with Crippen LogP contribution >= 0.6 is 0 Å². The zero-order valence-corrected chi connectivity index (χ0v) is 9.15. The molecule has 0 aliphatic heterocycles. The molecule has 0 bridgehead atoms. The largest absolute Gasteiger partial charge is 0.508 e. The number of aromatic hydroxyl groups is 1. The van der Waals surface area contributed by atoms with E-state index in [-0.39, 0.29) is 11.7 Å². The van der Waals surface area contributed by atoms with Crippen molar-refractivity contribution in [3.05, 3.63) is 41.5 Å². The normalized spacial score (nSPS) is 10.4. The van der Waals surface area contributed by atoms with Gasteiger partial charge in [-0.05, 0) is 41.5 Å². The third-order valence-corrected chi connectivity index (χ3v) is 2.71. The van der Waals surface area contributed by atoms with Gasteiger partial charge in [-0.2, -0.15) is 0 Å². The van der Waals surface area contributed by atoms with Gasteiger partial charge in [-0.1, -0.05) is 12.1 Å². The average Bonchev–Trinajstić information content (AvgIpc) is 2.32. The lowest BCUT2D eigenvalue weighted by atomic mass is 10.0. The van der Waals surface area contributed by atoms with Gasteiger partial charge in [-0.15, -0.1) is 0 Å². The molecular weight excluding hydrogens is 204 g/mol. The van der Waals surface area contributed by atoms with E-state index in [1.54, 1.807) is 24.3 Å². The second-order valence-corrected chi connectivity index (χ2v) is 3.60. The number of hydrogen-bond donors (Lipinski definition) is 1. The van der Waals surface area contributed by atoms with Crippen LogP contribution in [-0.2, 0) is 4.74 Å². The molecule has 2 rings (SSSR count). The lowest BCUT2D eigenvalue weighted by molar-refractivity contribution is 0.0603. The summed E-state index contributed by atoms with van der Waals surface area (Å²) in [5.74, 6) is -0.134. The lowest BCUT2D eigenvalue weighted by Crippen LogP contribution is -2.02. The van der Waals surface area contributed by atoms with Crippen LogP contribution in [0.3, 0.4) is 0 Å². The van der Waals surface area contributed by atoms with E-state index in [9.17, 15) is 9.90 Å². The highest BCUT2D eigenvalue weighted by atomic mass is 16.5. The predicted octanol–water partition coefficient (Wildman–Crippen LogP) is 2.64. The Hall–Kier alpha value is -2.03. The first-order valence-electron chi connectivity index (χ1n) is 4.94. The molecule has 0 heterocycles. The second-order valence-electron chi connectivity index (χ2n) is 3.60. The third kappa shape index (κ3) is 1.50. The lowest BCUT2D eigenvalue weighted by Gasteiger charge is -2.08. The minimum absolute atomic E-state index is 0.231. The van der Waals surface area contributed by atoms with Gasteiger partial charge in [0, 0.05) is 0 Å². The summed E-state index contributed by atoms with van der Waals surface area (Å²) >= 11 is 0.